The van der Waals surface area contributed by atoms with Gasteiger partial charge in [-0.1, -0.05) is 11.6 Å². The monoisotopic (exact) mass is 386 g/mol. The van der Waals surface area contributed by atoms with Crippen LogP contribution in [0.4, 0.5) is 0 Å². The number of aromatic nitrogens is 2. The summed E-state index contributed by atoms with van der Waals surface area (Å²) in [5.74, 6) is 1.53. The highest BCUT2D eigenvalue weighted by atomic mass is 35.5. The molecule has 0 saturated carbocycles. The fraction of sp³-hybridized carbons (Fsp3) is 0.350. The van der Waals surface area contributed by atoms with Crippen molar-refractivity contribution in [1.82, 2.24) is 20.4 Å². The molecule has 1 aliphatic rings. The van der Waals surface area contributed by atoms with Gasteiger partial charge in [0.15, 0.2) is 0 Å². The molecule has 3 aromatic rings. The Hall–Kier alpha value is -2.28. The van der Waals surface area contributed by atoms with Gasteiger partial charge in [-0.2, -0.15) is 5.10 Å². The number of hydrogen-bond acceptors (Lipinski definition) is 5. The first-order chi connectivity index (χ1) is 13.2. The molecule has 1 aliphatic heterocycles. The van der Waals surface area contributed by atoms with E-state index in [0.29, 0.717) is 11.6 Å². The van der Waals surface area contributed by atoms with Crippen LogP contribution in [-0.2, 0) is 0 Å². The largest absolute Gasteiger partial charge is 0.496 e. The van der Waals surface area contributed by atoms with E-state index in [1.807, 2.05) is 36.4 Å². The first-order valence-corrected chi connectivity index (χ1v) is 9.50. The molecule has 1 saturated heterocycles. The average molecular weight is 387 g/mol. The van der Waals surface area contributed by atoms with E-state index in [0.717, 1.165) is 66.4 Å². The molecule has 1 fully saturated rings. The molecule has 0 unspecified atom stereocenters. The number of nitrogens with one attached hydrogen (secondary N) is 2. The zero-order valence-corrected chi connectivity index (χ0v) is 16.1. The van der Waals surface area contributed by atoms with E-state index in [1.165, 1.54) is 0 Å². The lowest BCUT2D eigenvalue weighted by molar-refractivity contribution is 0.191. The molecule has 7 heteroatoms. The number of nitrogens with zero attached hydrogens (tertiary/aromatic N) is 2. The lowest BCUT2D eigenvalue weighted by Gasteiger charge is -2.26. The minimum absolute atomic E-state index is 0.659. The quantitative estimate of drug-likeness (QED) is 0.681. The minimum atomic E-state index is 0.659. The Morgan fingerprint density at radius 1 is 1.15 bits per heavy atom. The predicted molar refractivity (Wildman–Crippen MR) is 108 cm³/mol. The van der Waals surface area contributed by atoms with Gasteiger partial charge in [0.1, 0.15) is 23.8 Å². The summed E-state index contributed by atoms with van der Waals surface area (Å²) in [4.78, 5) is 2.41. The molecule has 0 amide bonds. The molecular weight excluding hydrogens is 364 g/mol. The van der Waals surface area contributed by atoms with Gasteiger partial charge in [0.25, 0.3) is 0 Å². The summed E-state index contributed by atoms with van der Waals surface area (Å²) in [7, 11) is 1.66. The molecule has 0 spiro atoms. The molecule has 0 bridgehead atoms. The maximum atomic E-state index is 6.06. The van der Waals surface area contributed by atoms with Crippen LogP contribution >= 0.6 is 11.6 Å². The fourth-order valence-electron chi connectivity index (χ4n) is 3.38. The van der Waals surface area contributed by atoms with Crippen LogP contribution < -0.4 is 14.8 Å². The number of aromatic amines is 1. The van der Waals surface area contributed by atoms with Crippen molar-refractivity contribution >= 4 is 22.5 Å². The van der Waals surface area contributed by atoms with Crippen molar-refractivity contribution in [2.75, 3.05) is 46.4 Å². The summed E-state index contributed by atoms with van der Waals surface area (Å²) in [5, 5.41) is 12.5. The summed E-state index contributed by atoms with van der Waals surface area (Å²) >= 11 is 6.06. The third-order valence-electron chi connectivity index (χ3n) is 4.84. The summed E-state index contributed by atoms with van der Waals surface area (Å²) in [6, 6.07) is 11.6. The van der Waals surface area contributed by atoms with Gasteiger partial charge in [0.05, 0.1) is 12.6 Å². The summed E-state index contributed by atoms with van der Waals surface area (Å²) in [6.45, 7) is 5.82. The number of ether oxygens (including phenoxy) is 2. The van der Waals surface area contributed by atoms with E-state index in [9.17, 15) is 0 Å². The van der Waals surface area contributed by atoms with Gasteiger partial charge in [-0.25, -0.2) is 0 Å². The highest BCUT2D eigenvalue weighted by Crippen LogP contribution is 2.36. The maximum absolute atomic E-state index is 6.06. The number of fused-ring (bicyclic) bond motifs is 1. The molecule has 27 heavy (non-hydrogen) atoms. The van der Waals surface area contributed by atoms with E-state index < -0.39 is 0 Å². The van der Waals surface area contributed by atoms with E-state index in [2.05, 4.69) is 20.4 Å². The van der Waals surface area contributed by atoms with Crippen molar-refractivity contribution in [3.05, 3.63) is 41.4 Å². The van der Waals surface area contributed by atoms with Gasteiger partial charge in [0.2, 0.25) is 0 Å². The molecular formula is C20H23ClN4O2. The Kier molecular flexibility index (Phi) is 5.48. The molecule has 0 aliphatic carbocycles. The Morgan fingerprint density at radius 3 is 2.81 bits per heavy atom. The van der Waals surface area contributed by atoms with E-state index in [1.54, 1.807) is 7.11 Å². The van der Waals surface area contributed by atoms with Crippen LogP contribution in [-0.4, -0.2) is 61.5 Å². The second-order valence-electron chi connectivity index (χ2n) is 6.56. The lowest BCUT2D eigenvalue weighted by Crippen LogP contribution is -2.44. The van der Waals surface area contributed by atoms with Gasteiger partial charge >= 0.3 is 0 Å². The van der Waals surface area contributed by atoms with Gasteiger partial charge in [-0.3, -0.25) is 10.00 Å². The molecule has 6 nitrogen and oxygen atoms in total. The first kappa shape index (κ1) is 18.1. The third kappa shape index (κ3) is 4.03. The highest BCUT2D eigenvalue weighted by molar-refractivity contribution is 6.31. The third-order valence-corrected chi connectivity index (χ3v) is 5.07. The van der Waals surface area contributed by atoms with Crippen molar-refractivity contribution < 1.29 is 9.47 Å². The van der Waals surface area contributed by atoms with Crippen molar-refractivity contribution in [2.24, 2.45) is 0 Å². The SMILES string of the molecule is COc1cc(OCCN2CCNCC2)ccc1-c1n[nH]c2cc(Cl)ccc12. The maximum Gasteiger partial charge on any atom is 0.132 e. The minimum Gasteiger partial charge on any atom is -0.496 e. The van der Waals surface area contributed by atoms with Gasteiger partial charge < -0.3 is 14.8 Å². The molecule has 4 rings (SSSR count). The zero-order chi connectivity index (χ0) is 18.6. The number of methoxy groups -OCH3 is 1. The molecule has 142 valence electrons. The van der Waals surface area contributed by atoms with Crippen LogP contribution in [0.25, 0.3) is 22.2 Å². The highest BCUT2D eigenvalue weighted by Gasteiger charge is 2.15. The molecule has 2 aromatic carbocycles. The second-order valence-corrected chi connectivity index (χ2v) is 7.00. The topological polar surface area (TPSA) is 62.4 Å². The summed E-state index contributed by atoms with van der Waals surface area (Å²) in [5.41, 5.74) is 2.65. The number of benzene rings is 2. The number of rotatable bonds is 6. The van der Waals surface area contributed by atoms with Crippen LogP contribution in [0, 0.1) is 0 Å². The number of hydrogen-bond donors (Lipinski definition) is 2. The first-order valence-electron chi connectivity index (χ1n) is 9.12. The van der Waals surface area contributed by atoms with Crippen molar-refractivity contribution in [1.29, 1.82) is 0 Å². The second kappa shape index (κ2) is 8.17. The average Bonchev–Trinajstić information content (AvgIpc) is 3.11. The van der Waals surface area contributed by atoms with Crippen molar-refractivity contribution in [3.63, 3.8) is 0 Å². The molecule has 0 radical (unpaired) electrons. The number of H-pyrrole nitrogens is 1. The Morgan fingerprint density at radius 2 is 2.00 bits per heavy atom. The van der Waals surface area contributed by atoms with Crippen LogP contribution in [0.3, 0.4) is 0 Å². The van der Waals surface area contributed by atoms with Gasteiger partial charge in [-0.15, -0.1) is 0 Å². The zero-order valence-electron chi connectivity index (χ0n) is 15.3. The van der Waals surface area contributed by atoms with Gasteiger partial charge in [0, 0.05) is 54.8 Å². The van der Waals surface area contributed by atoms with Crippen LogP contribution in [0.1, 0.15) is 0 Å². The van der Waals surface area contributed by atoms with Crippen molar-refractivity contribution in [3.8, 4) is 22.8 Å². The van der Waals surface area contributed by atoms with E-state index in [-0.39, 0.29) is 0 Å². The molecule has 1 aromatic heterocycles. The van der Waals surface area contributed by atoms with Crippen LogP contribution in [0.2, 0.25) is 5.02 Å². The lowest BCUT2D eigenvalue weighted by atomic mass is 10.1. The molecule has 2 N–H and O–H groups in total. The van der Waals surface area contributed by atoms with E-state index >= 15 is 0 Å². The summed E-state index contributed by atoms with van der Waals surface area (Å²) < 4.78 is 11.5. The van der Waals surface area contributed by atoms with Gasteiger partial charge in [-0.05, 0) is 30.3 Å². The van der Waals surface area contributed by atoms with E-state index in [4.69, 9.17) is 21.1 Å². The number of piperazine rings is 1. The van der Waals surface area contributed by atoms with Crippen LogP contribution in [0.15, 0.2) is 36.4 Å². The standard InChI is InChI=1S/C20H23ClN4O2/c1-26-19-13-15(27-11-10-25-8-6-22-7-9-25)3-5-17(19)20-16-4-2-14(21)12-18(16)23-24-20/h2-5,12-13,22H,6-11H2,1H3,(H,23,24). The Balaban J connectivity index is 1.50. The molecule has 2 heterocycles. The number of halogens is 1. The molecule has 0 atom stereocenters. The normalized spacial score (nSPS) is 15.2. The predicted octanol–water partition coefficient (Wildman–Crippen LogP) is 3.18. The van der Waals surface area contributed by atoms with Crippen molar-refractivity contribution in [2.45, 2.75) is 0 Å². The smallest absolute Gasteiger partial charge is 0.132 e. The Labute approximate surface area is 163 Å². The summed E-state index contributed by atoms with van der Waals surface area (Å²) in [6.07, 6.45) is 0. The van der Waals surface area contributed by atoms with Crippen LogP contribution in [0.5, 0.6) is 11.5 Å². The fourth-order valence-corrected chi connectivity index (χ4v) is 3.55. The Bertz CT molecular complexity index is 921.